The SMILES string of the molecule is CCc1cc(Cl)c(N=Nc2c([O-])c(C(=O)Nc3ccc(OC)cc3Cl)cc3ccccc23)cc1S(=O)(=O)O.[Na+]. The molecule has 2 N–H and O–H groups in total. The van der Waals surface area contributed by atoms with E-state index in [1.54, 1.807) is 43.3 Å². The maximum absolute atomic E-state index is 13.4. The van der Waals surface area contributed by atoms with Gasteiger partial charge in [0.15, 0.2) is 0 Å². The van der Waals surface area contributed by atoms with Crippen molar-refractivity contribution < 1.29 is 57.2 Å². The van der Waals surface area contributed by atoms with Gasteiger partial charge in [-0.25, -0.2) is 0 Å². The van der Waals surface area contributed by atoms with Gasteiger partial charge in [-0.15, -0.1) is 5.11 Å². The van der Waals surface area contributed by atoms with E-state index in [2.05, 4.69) is 15.5 Å². The third-order valence-electron chi connectivity index (χ3n) is 5.69. The number of carbonyl (C=O) groups excluding carboxylic acids is 1. The molecule has 0 heterocycles. The second kappa shape index (κ2) is 12.6. The van der Waals surface area contributed by atoms with Crippen molar-refractivity contribution in [2.75, 3.05) is 12.4 Å². The van der Waals surface area contributed by atoms with Gasteiger partial charge in [0.1, 0.15) is 11.4 Å². The Morgan fingerprint density at radius 1 is 1.05 bits per heavy atom. The van der Waals surface area contributed by atoms with Crippen molar-refractivity contribution in [2.24, 2.45) is 10.2 Å². The number of aryl methyl sites for hydroxylation is 1. The number of fused-ring (bicyclic) bond motifs is 1. The Kier molecular flexibility index (Phi) is 10.0. The number of hydrogen-bond acceptors (Lipinski definition) is 7. The largest absolute Gasteiger partial charge is 1.00 e. The molecule has 0 fully saturated rings. The monoisotopic (exact) mass is 595 g/mol. The Morgan fingerprint density at radius 2 is 1.77 bits per heavy atom. The molecule has 0 unspecified atom stereocenters. The number of benzene rings is 4. The van der Waals surface area contributed by atoms with Crippen LogP contribution in [0.3, 0.4) is 0 Å². The summed E-state index contributed by atoms with van der Waals surface area (Å²) >= 11 is 12.5. The summed E-state index contributed by atoms with van der Waals surface area (Å²) in [6.45, 7) is 1.70. The fourth-order valence-electron chi connectivity index (χ4n) is 3.77. The molecule has 4 rings (SSSR count). The number of carbonyl (C=O) groups is 1. The third kappa shape index (κ3) is 6.72. The first-order valence-electron chi connectivity index (χ1n) is 11.1. The summed E-state index contributed by atoms with van der Waals surface area (Å²) in [5.74, 6) is -0.942. The molecule has 0 aliphatic rings. The summed E-state index contributed by atoms with van der Waals surface area (Å²) in [6, 6.07) is 15.3. The van der Waals surface area contributed by atoms with Gasteiger partial charge in [-0.2, -0.15) is 13.5 Å². The van der Waals surface area contributed by atoms with Crippen LogP contribution in [0.1, 0.15) is 22.8 Å². The Balaban J connectivity index is 0.00000420. The van der Waals surface area contributed by atoms with Crippen molar-refractivity contribution in [2.45, 2.75) is 18.2 Å². The minimum absolute atomic E-state index is 0. The molecule has 0 aliphatic heterocycles. The van der Waals surface area contributed by atoms with Crippen molar-refractivity contribution in [3.8, 4) is 11.5 Å². The van der Waals surface area contributed by atoms with Gasteiger partial charge in [-0.05, 0) is 47.7 Å². The predicted molar refractivity (Wildman–Crippen MR) is 144 cm³/mol. The number of halogens is 2. The molecule has 0 saturated carbocycles. The summed E-state index contributed by atoms with van der Waals surface area (Å²) in [5.41, 5.74) is 0.115. The van der Waals surface area contributed by atoms with Crippen molar-refractivity contribution in [3.05, 3.63) is 81.8 Å². The van der Waals surface area contributed by atoms with Gasteiger partial charge < -0.3 is 15.2 Å². The molecule has 4 aromatic carbocycles. The molecular weight excluding hydrogens is 576 g/mol. The smallest absolute Gasteiger partial charge is 0.870 e. The Bertz CT molecular complexity index is 1710. The molecule has 39 heavy (non-hydrogen) atoms. The van der Waals surface area contributed by atoms with E-state index in [1.807, 2.05) is 0 Å². The number of amides is 1. The molecule has 9 nitrogen and oxygen atoms in total. The maximum atomic E-state index is 13.4. The van der Waals surface area contributed by atoms with Crippen LogP contribution < -0.4 is 44.7 Å². The van der Waals surface area contributed by atoms with E-state index in [9.17, 15) is 22.9 Å². The van der Waals surface area contributed by atoms with E-state index in [0.717, 1.165) is 6.07 Å². The molecule has 0 aliphatic carbocycles. The predicted octanol–water partition coefficient (Wildman–Crippen LogP) is 3.71. The van der Waals surface area contributed by atoms with E-state index in [-0.39, 0.29) is 73.5 Å². The Hall–Kier alpha value is -2.70. The van der Waals surface area contributed by atoms with Crippen LogP contribution in [0.5, 0.6) is 11.5 Å². The number of rotatable bonds is 7. The molecule has 1 amide bonds. The molecule has 0 spiro atoms. The van der Waals surface area contributed by atoms with Crippen LogP contribution in [0, 0.1) is 0 Å². The van der Waals surface area contributed by atoms with E-state index in [1.165, 1.54) is 25.3 Å². The summed E-state index contributed by atoms with van der Waals surface area (Å²) < 4.78 is 38.4. The maximum Gasteiger partial charge on any atom is 1.00 e. The van der Waals surface area contributed by atoms with Crippen LogP contribution in [0.25, 0.3) is 10.8 Å². The number of methoxy groups -OCH3 is 1. The molecular formula is C26H20Cl2N3NaO6S. The zero-order valence-electron chi connectivity index (χ0n) is 21.0. The van der Waals surface area contributed by atoms with E-state index in [0.29, 0.717) is 22.1 Å². The first-order chi connectivity index (χ1) is 18.0. The summed E-state index contributed by atoms with van der Waals surface area (Å²) in [4.78, 5) is 12.7. The average molecular weight is 596 g/mol. The number of anilines is 1. The zero-order chi connectivity index (χ0) is 27.6. The number of nitrogens with one attached hydrogen (secondary N) is 1. The molecule has 13 heteroatoms. The molecule has 0 atom stereocenters. The van der Waals surface area contributed by atoms with E-state index in [4.69, 9.17) is 27.9 Å². The van der Waals surface area contributed by atoms with E-state index < -0.39 is 21.8 Å². The number of nitrogens with zero attached hydrogens (tertiary/aromatic N) is 2. The van der Waals surface area contributed by atoms with Crippen LogP contribution in [-0.2, 0) is 16.5 Å². The molecule has 196 valence electrons. The van der Waals surface area contributed by atoms with Gasteiger partial charge in [0, 0.05) is 17.0 Å². The van der Waals surface area contributed by atoms with Crippen molar-refractivity contribution in [1.82, 2.24) is 0 Å². The second-order valence-corrected chi connectivity index (χ2v) is 10.3. The van der Waals surface area contributed by atoms with Crippen LogP contribution in [0.2, 0.25) is 10.0 Å². The van der Waals surface area contributed by atoms with Crippen LogP contribution in [0.15, 0.2) is 75.8 Å². The minimum Gasteiger partial charge on any atom is -0.870 e. The topological polar surface area (TPSA) is 140 Å². The average Bonchev–Trinajstić information content (AvgIpc) is 2.88. The first kappa shape index (κ1) is 30.8. The van der Waals surface area contributed by atoms with Crippen LogP contribution in [-0.4, -0.2) is 26.0 Å². The summed E-state index contributed by atoms with van der Waals surface area (Å²) in [6.07, 6.45) is 0.289. The third-order valence-corrected chi connectivity index (χ3v) is 7.24. The number of ether oxygens (including phenoxy) is 1. The van der Waals surface area contributed by atoms with Gasteiger partial charge in [-0.3, -0.25) is 9.35 Å². The summed E-state index contributed by atoms with van der Waals surface area (Å²) in [5, 5.41) is 25.3. The zero-order valence-corrected chi connectivity index (χ0v) is 25.4. The van der Waals surface area contributed by atoms with Gasteiger partial charge in [0.05, 0.1) is 33.4 Å². The Morgan fingerprint density at radius 3 is 2.41 bits per heavy atom. The van der Waals surface area contributed by atoms with Gasteiger partial charge in [0.25, 0.3) is 16.0 Å². The molecule has 0 aromatic heterocycles. The van der Waals surface area contributed by atoms with Crippen molar-refractivity contribution in [3.63, 3.8) is 0 Å². The van der Waals surface area contributed by atoms with Crippen LogP contribution >= 0.6 is 23.2 Å². The van der Waals surface area contributed by atoms with Gasteiger partial charge in [-0.1, -0.05) is 60.1 Å². The molecule has 0 bridgehead atoms. The fourth-order valence-corrected chi connectivity index (χ4v) is 5.01. The Labute approximate surface area is 256 Å². The molecule has 0 saturated heterocycles. The first-order valence-corrected chi connectivity index (χ1v) is 13.3. The molecule has 0 radical (unpaired) electrons. The molecule has 4 aromatic rings. The van der Waals surface area contributed by atoms with Gasteiger partial charge in [0.2, 0.25) is 0 Å². The minimum atomic E-state index is -4.56. The summed E-state index contributed by atoms with van der Waals surface area (Å²) in [7, 11) is -3.08. The van der Waals surface area contributed by atoms with Crippen molar-refractivity contribution >= 4 is 67.1 Å². The van der Waals surface area contributed by atoms with Gasteiger partial charge >= 0.3 is 29.6 Å². The quantitative estimate of drug-likeness (QED) is 0.189. The van der Waals surface area contributed by atoms with Crippen molar-refractivity contribution in [1.29, 1.82) is 0 Å². The number of hydrogen-bond donors (Lipinski definition) is 2. The standard InChI is InChI=1S/C26H21Cl2N3O6S.Na/c1-3-14-11-19(27)22(13-23(14)38(34,35)36)30-31-24-17-7-5-4-6-15(17)10-18(25(24)32)26(33)29-21-9-8-16(37-2)12-20(21)28;/h4-13,32H,3H2,1-2H3,(H,29,33)(H,34,35,36);/q;+1/p-1. The van der Waals surface area contributed by atoms with Crippen LogP contribution in [0.4, 0.5) is 17.1 Å². The normalized spacial score (nSPS) is 11.4. The second-order valence-electron chi connectivity index (χ2n) is 8.06. The number of azo groups is 1. The van der Waals surface area contributed by atoms with E-state index >= 15 is 0 Å². The fraction of sp³-hybridized carbons (Fsp3) is 0.115.